The summed E-state index contributed by atoms with van der Waals surface area (Å²) in [6, 6.07) is 26.6. The van der Waals surface area contributed by atoms with Crippen LogP contribution in [0.25, 0.3) is 11.3 Å². The molecule has 1 N–H and O–H groups in total. The van der Waals surface area contributed by atoms with Gasteiger partial charge in [0, 0.05) is 17.1 Å². The lowest BCUT2D eigenvalue weighted by Crippen LogP contribution is -2.23. The maximum absolute atomic E-state index is 6.63. The van der Waals surface area contributed by atoms with E-state index in [0.29, 0.717) is 10.0 Å². The fourth-order valence-corrected chi connectivity index (χ4v) is 6.08. The summed E-state index contributed by atoms with van der Waals surface area (Å²) in [7, 11) is -0.873. The van der Waals surface area contributed by atoms with E-state index in [1.807, 2.05) is 30.3 Å². The number of hydrogen-bond donors (Lipinski definition) is 1. The summed E-state index contributed by atoms with van der Waals surface area (Å²) in [5.41, 5.74) is 2.11. The van der Waals surface area contributed by atoms with Gasteiger partial charge in [-0.15, -0.1) is 0 Å². The third-order valence-electron chi connectivity index (χ3n) is 4.12. The summed E-state index contributed by atoms with van der Waals surface area (Å²) in [6.45, 7) is 0. The number of rotatable bonds is 4. The van der Waals surface area contributed by atoms with E-state index in [-0.39, 0.29) is 0 Å². The number of nitrogens with zero attached hydrogens (tertiary/aromatic N) is 1. The van der Waals surface area contributed by atoms with E-state index in [2.05, 4.69) is 58.7 Å². The van der Waals surface area contributed by atoms with Crippen molar-refractivity contribution in [3.8, 4) is 11.3 Å². The Morgan fingerprint density at radius 1 is 0.731 bits per heavy atom. The highest BCUT2D eigenvalue weighted by Gasteiger charge is 2.23. The highest BCUT2D eigenvalue weighted by Crippen LogP contribution is 2.40. The van der Waals surface area contributed by atoms with Gasteiger partial charge >= 0.3 is 0 Å². The quantitative estimate of drug-likeness (QED) is 0.475. The van der Waals surface area contributed by atoms with Crippen LogP contribution in [0.1, 0.15) is 0 Å². The molecule has 0 saturated carbocycles. The molecule has 0 aliphatic carbocycles. The van der Waals surface area contributed by atoms with Gasteiger partial charge in [-0.3, -0.25) is 5.10 Å². The Balaban J connectivity index is 1.98. The van der Waals surface area contributed by atoms with Crippen molar-refractivity contribution in [2.45, 2.75) is 0 Å². The topological polar surface area (TPSA) is 28.7 Å². The molecule has 128 valence electrons. The number of aromatic amines is 1. The average molecular weight is 397 g/mol. The Labute approximate surface area is 163 Å². The number of aromatic nitrogens is 2. The largest absolute Gasteiger partial charge is 0.278 e. The summed E-state index contributed by atoms with van der Waals surface area (Å²) in [5.74, 6) is 0. The maximum atomic E-state index is 6.63. The van der Waals surface area contributed by atoms with Crippen molar-refractivity contribution in [3.05, 3.63) is 95.1 Å². The van der Waals surface area contributed by atoms with Gasteiger partial charge in [-0.2, -0.15) is 5.10 Å². The van der Waals surface area contributed by atoms with Gasteiger partial charge in [0.05, 0.1) is 15.7 Å². The van der Waals surface area contributed by atoms with Gasteiger partial charge in [-0.25, -0.2) is 0 Å². The van der Waals surface area contributed by atoms with E-state index in [9.17, 15) is 0 Å². The number of nitrogens with one attached hydrogen (secondary N) is 1. The van der Waals surface area contributed by atoms with Crippen LogP contribution < -0.4 is 15.9 Å². The molecular weight excluding hydrogens is 382 g/mol. The smallest absolute Gasteiger partial charge is 0.0675 e. The lowest BCUT2D eigenvalue weighted by atomic mass is 10.1. The first-order valence-electron chi connectivity index (χ1n) is 8.13. The molecule has 0 aliphatic heterocycles. The Kier molecular flexibility index (Phi) is 5.08. The SMILES string of the molecule is Clc1cccc(P(c2ccccc2)c2ccccc2-c2ccn[nH]2)c1Cl. The first-order valence-corrected chi connectivity index (χ1v) is 10.2. The molecule has 0 saturated heterocycles. The van der Waals surface area contributed by atoms with Gasteiger partial charge in [0.1, 0.15) is 0 Å². The Bertz CT molecular complexity index is 1020. The summed E-state index contributed by atoms with van der Waals surface area (Å²) < 4.78 is 0. The van der Waals surface area contributed by atoms with Crippen LogP contribution in [0.15, 0.2) is 85.1 Å². The molecule has 1 heterocycles. The van der Waals surface area contributed by atoms with Crippen LogP contribution in [0.2, 0.25) is 10.0 Å². The van der Waals surface area contributed by atoms with Crippen molar-refractivity contribution in [2.24, 2.45) is 0 Å². The first-order chi connectivity index (χ1) is 12.8. The average Bonchev–Trinajstić information content (AvgIpc) is 3.21. The zero-order valence-corrected chi connectivity index (χ0v) is 16.1. The lowest BCUT2D eigenvalue weighted by Gasteiger charge is -2.23. The van der Waals surface area contributed by atoms with Crippen molar-refractivity contribution in [1.29, 1.82) is 0 Å². The van der Waals surface area contributed by atoms with E-state index < -0.39 is 7.92 Å². The molecule has 0 spiro atoms. The fraction of sp³-hybridized carbons (Fsp3) is 0. The molecule has 1 atom stereocenters. The fourth-order valence-electron chi connectivity index (χ4n) is 2.95. The number of benzene rings is 3. The Hall–Kier alpha value is -2.12. The summed E-state index contributed by atoms with van der Waals surface area (Å²) in [4.78, 5) is 0. The zero-order valence-electron chi connectivity index (χ0n) is 13.7. The van der Waals surface area contributed by atoms with E-state index in [1.54, 1.807) is 6.20 Å². The Morgan fingerprint density at radius 2 is 1.46 bits per heavy atom. The van der Waals surface area contributed by atoms with E-state index >= 15 is 0 Å². The van der Waals surface area contributed by atoms with Crippen molar-refractivity contribution in [2.75, 3.05) is 0 Å². The predicted octanol–water partition coefficient (Wildman–Crippen LogP) is 5.14. The highest BCUT2D eigenvalue weighted by atomic mass is 35.5. The number of H-pyrrole nitrogens is 1. The summed E-state index contributed by atoms with van der Waals surface area (Å²) in [6.07, 6.45) is 1.77. The minimum absolute atomic E-state index is 0.576. The van der Waals surface area contributed by atoms with Crippen molar-refractivity contribution < 1.29 is 0 Å². The monoisotopic (exact) mass is 396 g/mol. The van der Waals surface area contributed by atoms with Crippen LogP contribution in [-0.4, -0.2) is 10.2 Å². The maximum Gasteiger partial charge on any atom is 0.0675 e. The van der Waals surface area contributed by atoms with Crippen LogP contribution in [-0.2, 0) is 0 Å². The van der Waals surface area contributed by atoms with Crippen LogP contribution in [0.4, 0.5) is 0 Å². The van der Waals surface area contributed by atoms with Crippen LogP contribution in [0.3, 0.4) is 0 Å². The molecule has 26 heavy (non-hydrogen) atoms. The molecule has 1 aromatic heterocycles. The van der Waals surface area contributed by atoms with E-state index in [0.717, 1.165) is 16.6 Å². The molecule has 4 rings (SSSR count). The van der Waals surface area contributed by atoms with Crippen molar-refractivity contribution in [3.63, 3.8) is 0 Å². The molecule has 0 aliphatic rings. The van der Waals surface area contributed by atoms with Gasteiger partial charge in [0.15, 0.2) is 0 Å². The molecule has 3 aromatic carbocycles. The molecule has 1 unspecified atom stereocenters. The predicted molar refractivity (Wildman–Crippen MR) is 113 cm³/mol. The van der Waals surface area contributed by atoms with Crippen LogP contribution in [0, 0.1) is 0 Å². The van der Waals surface area contributed by atoms with Gasteiger partial charge in [0.2, 0.25) is 0 Å². The van der Waals surface area contributed by atoms with Gasteiger partial charge in [0.25, 0.3) is 0 Å². The molecule has 0 amide bonds. The third kappa shape index (κ3) is 3.29. The molecule has 5 heteroatoms. The highest BCUT2D eigenvalue weighted by molar-refractivity contribution is 7.80. The number of halogens is 2. The van der Waals surface area contributed by atoms with Gasteiger partial charge in [-0.05, 0) is 30.7 Å². The second-order valence-electron chi connectivity index (χ2n) is 5.73. The van der Waals surface area contributed by atoms with E-state index in [1.165, 1.54) is 10.6 Å². The normalized spacial score (nSPS) is 12.1. The van der Waals surface area contributed by atoms with Crippen molar-refractivity contribution in [1.82, 2.24) is 10.2 Å². The Morgan fingerprint density at radius 3 is 2.23 bits per heavy atom. The van der Waals surface area contributed by atoms with Gasteiger partial charge < -0.3 is 0 Å². The summed E-state index contributed by atoms with van der Waals surface area (Å²) >= 11 is 13.0. The summed E-state index contributed by atoms with van der Waals surface area (Å²) in [5, 5.41) is 11.9. The van der Waals surface area contributed by atoms with Crippen molar-refractivity contribution >= 4 is 47.0 Å². The molecule has 4 aromatic rings. The molecule has 2 nitrogen and oxygen atoms in total. The molecule has 0 fully saturated rings. The zero-order chi connectivity index (χ0) is 17.9. The molecular formula is C21H15Cl2N2P. The van der Waals surface area contributed by atoms with Crippen LogP contribution in [0.5, 0.6) is 0 Å². The van der Waals surface area contributed by atoms with Gasteiger partial charge in [-0.1, -0.05) is 89.9 Å². The lowest BCUT2D eigenvalue weighted by molar-refractivity contribution is 1.10. The standard InChI is InChI=1S/C21H15Cl2N2P/c22-17-10-6-12-20(21(17)23)26(15-7-2-1-3-8-15)19-11-5-4-9-16(19)18-13-14-24-25-18/h1-14H,(H,24,25). The molecule has 0 radical (unpaired) electrons. The minimum Gasteiger partial charge on any atom is -0.278 e. The minimum atomic E-state index is -0.873. The molecule has 0 bridgehead atoms. The first kappa shape index (κ1) is 17.3. The number of hydrogen-bond acceptors (Lipinski definition) is 1. The third-order valence-corrected chi connectivity index (χ3v) is 7.61. The second kappa shape index (κ2) is 7.63. The van der Waals surface area contributed by atoms with E-state index in [4.69, 9.17) is 23.2 Å². The van der Waals surface area contributed by atoms with Crippen LogP contribution >= 0.6 is 31.1 Å². The second-order valence-corrected chi connectivity index (χ2v) is 8.67.